The lowest BCUT2D eigenvalue weighted by atomic mass is 10.0. The Morgan fingerprint density at radius 3 is 2.75 bits per heavy atom. The van der Waals surface area contributed by atoms with Gasteiger partial charge in [-0.1, -0.05) is 17.7 Å². The van der Waals surface area contributed by atoms with E-state index in [1.165, 1.54) is 35.4 Å². The van der Waals surface area contributed by atoms with Crippen LogP contribution in [0.2, 0.25) is 5.02 Å². The zero-order valence-corrected chi connectivity index (χ0v) is 17.6. The molecule has 0 fully saturated rings. The van der Waals surface area contributed by atoms with Crippen molar-refractivity contribution >= 4 is 29.1 Å². The fourth-order valence-electron chi connectivity index (χ4n) is 4.12. The van der Waals surface area contributed by atoms with Crippen molar-refractivity contribution in [3.63, 3.8) is 0 Å². The first-order valence-corrected chi connectivity index (χ1v) is 10.2. The van der Waals surface area contributed by atoms with E-state index in [9.17, 15) is 19.1 Å². The van der Waals surface area contributed by atoms with Crippen molar-refractivity contribution in [2.75, 3.05) is 5.73 Å². The fourth-order valence-corrected chi connectivity index (χ4v) is 4.34. The van der Waals surface area contributed by atoms with Crippen LogP contribution in [0.15, 0.2) is 48.7 Å². The molecule has 9 heteroatoms. The molecule has 164 valence electrons. The molecule has 0 unspecified atom stereocenters. The number of carbonyl (C=O) groups is 2. The van der Waals surface area contributed by atoms with Crippen LogP contribution in [0.25, 0.3) is 0 Å². The summed E-state index contributed by atoms with van der Waals surface area (Å²) in [6.07, 6.45) is 2.29. The normalized spacial score (nSPS) is 14.8. The summed E-state index contributed by atoms with van der Waals surface area (Å²) in [5, 5.41) is 10.6. The molecule has 0 saturated carbocycles. The number of aromatic nitrogens is 1. The average molecular weight is 455 g/mol. The minimum atomic E-state index is -0.732. The molecule has 1 heterocycles. The maximum atomic E-state index is 14.5. The molecular weight excluding hydrogens is 435 g/mol. The highest BCUT2D eigenvalue weighted by Gasteiger charge is 2.35. The SMILES string of the molecule is NC(=O)c1ncccc1CN(C(=O)c1ccc(N)cc1O)[C@@H]1CCc2c(F)cc(Cl)cc21. The van der Waals surface area contributed by atoms with Gasteiger partial charge in [0.15, 0.2) is 0 Å². The summed E-state index contributed by atoms with van der Waals surface area (Å²) in [4.78, 5) is 31.0. The van der Waals surface area contributed by atoms with E-state index in [1.54, 1.807) is 18.2 Å². The summed E-state index contributed by atoms with van der Waals surface area (Å²) in [7, 11) is 0. The fraction of sp³-hybridized carbons (Fsp3) is 0.174. The maximum Gasteiger partial charge on any atom is 0.267 e. The number of pyridine rings is 1. The standard InChI is InChI=1S/C23H20ClFN4O3/c24-13-8-17-15(18(25)9-13)5-6-19(17)29(11-12-2-1-7-28-21(12)22(27)31)23(32)16-4-3-14(26)10-20(16)30/h1-4,7-10,19,30H,5-6,11,26H2,(H2,27,31)/t19-/m1/s1. The van der Waals surface area contributed by atoms with Crippen molar-refractivity contribution in [2.45, 2.75) is 25.4 Å². The van der Waals surface area contributed by atoms with E-state index in [1.807, 2.05) is 0 Å². The minimum Gasteiger partial charge on any atom is -0.507 e. The largest absolute Gasteiger partial charge is 0.507 e. The molecule has 1 aliphatic rings. The van der Waals surface area contributed by atoms with Gasteiger partial charge < -0.3 is 21.5 Å². The van der Waals surface area contributed by atoms with Gasteiger partial charge in [0.2, 0.25) is 0 Å². The number of fused-ring (bicyclic) bond motifs is 1. The lowest BCUT2D eigenvalue weighted by molar-refractivity contribution is 0.0652. The van der Waals surface area contributed by atoms with Gasteiger partial charge in [-0.15, -0.1) is 0 Å². The Kier molecular flexibility index (Phi) is 5.71. The molecule has 4 rings (SSSR count). The second-order valence-corrected chi connectivity index (χ2v) is 8.03. The highest BCUT2D eigenvalue weighted by atomic mass is 35.5. The van der Waals surface area contributed by atoms with E-state index in [2.05, 4.69) is 4.98 Å². The second-order valence-electron chi connectivity index (χ2n) is 7.59. The van der Waals surface area contributed by atoms with Crippen LogP contribution in [0.5, 0.6) is 5.75 Å². The summed E-state index contributed by atoms with van der Waals surface area (Å²) in [6, 6.07) is 9.82. The number of phenolic OH excluding ortho intramolecular Hbond substituents is 1. The Bertz CT molecular complexity index is 1230. The number of nitrogen functional groups attached to an aromatic ring is 1. The molecule has 32 heavy (non-hydrogen) atoms. The number of carbonyl (C=O) groups excluding carboxylic acids is 2. The van der Waals surface area contributed by atoms with Crippen LogP contribution >= 0.6 is 11.6 Å². The highest BCUT2D eigenvalue weighted by molar-refractivity contribution is 6.30. The Morgan fingerprint density at radius 2 is 2.03 bits per heavy atom. The third-order valence-electron chi connectivity index (χ3n) is 5.58. The number of hydrogen-bond donors (Lipinski definition) is 3. The second kappa shape index (κ2) is 8.47. The van der Waals surface area contributed by atoms with Gasteiger partial charge in [-0.05, 0) is 54.3 Å². The predicted octanol–water partition coefficient (Wildman–Crippen LogP) is 3.59. The van der Waals surface area contributed by atoms with Crippen LogP contribution in [0.1, 0.15) is 50.0 Å². The molecule has 5 N–H and O–H groups in total. The average Bonchev–Trinajstić information content (AvgIpc) is 3.15. The van der Waals surface area contributed by atoms with Gasteiger partial charge in [-0.2, -0.15) is 0 Å². The number of amides is 2. The number of rotatable bonds is 5. The molecule has 0 saturated heterocycles. The molecule has 2 aromatic carbocycles. The molecule has 0 radical (unpaired) electrons. The van der Waals surface area contributed by atoms with Crippen LogP contribution in [0.3, 0.4) is 0 Å². The van der Waals surface area contributed by atoms with E-state index in [0.29, 0.717) is 35.2 Å². The third-order valence-corrected chi connectivity index (χ3v) is 5.79. The number of hydrogen-bond acceptors (Lipinski definition) is 5. The Labute approximate surface area is 188 Å². The number of anilines is 1. The molecule has 3 aromatic rings. The predicted molar refractivity (Wildman–Crippen MR) is 118 cm³/mol. The van der Waals surface area contributed by atoms with E-state index < -0.39 is 23.7 Å². The molecule has 0 bridgehead atoms. The third kappa shape index (κ3) is 3.97. The van der Waals surface area contributed by atoms with E-state index >= 15 is 0 Å². The van der Waals surface area contributed by atoms with E-state index in [-0.39, 0.29) is 28.6 Å². The molecule has 1 aliphatic carbocycles. The monoisotopic (exact) mass is 454 g/mol. The molecule has 1 atom stereocenters. The highest BCUT2D eigenvalue weighted by Crippen LogP contribution is 2.41. The Morgan fingerprint density at radius 1 is 1.25 bits per heavy atom. The number of aromatic hydroxyl groups is 1. The van der Waals surface area contributed by atoms with Crippen molar-refractivity contribution in [3.05, 3.63) is 87.4 Å². The zero-order chi connectivity index (χ0) is 23.0. The minimum absolute atomic E-state index is 0.0275. The van der Waals surface area contributed by atoms with Gasteiger partial charge in [-0.3, -0.25) is 14.6 Å². The first kappa shape index (κ1) is 21.6. The van der Waals surface area contributed by atoms with Gasteiger partial charge in [0.25, 0.3) is 11.8 Å². The molecule has 0 spiro atoms. The molecule has 0 aliphatic heterocycles. The first-order chi connectivity index (χ1) is 15.3. The molecule has 2 amide bonds. The van der Waals surface area contributed by atoms with Crippen LogP contribution in [-0.4, -0.2) is 26.8 Å². The summed E-state index contributed by atoms with van der Waals surface area (Å²) in [5.74, 6) is -1.96. The lowest BCUT2D eigenvalue weighted by Crippen LogP contribution is -2.34. The van der Waals surface area contributed by atoms with Crippen molar-refractivity contribution in [1.82, 2.24) is 9.88 Å². The zero-order valence-electron chi connectivity index (χ0n) is 16.9. The van der Waals surface area contributed by atoms with E-state index in [4.69, 9.17) is 23.1 Å². The topological polar surface area (TPSA) is 123 Å². The first-order valence-electron chi connectivity index (χ1n) is 9.87. The number of nitrogens with two attached hydrogens (primary N) is 2. The summed E-state index contributed by atoms with van der Waals surface area (Å²) in [6.45, 7) is -0.0347. The molecule has 1 aromatic heterocycles. The summed E-state index contributed by atoms with van der Waals surface area (Å²) >= 11 is 6.10. The van der Waals surface area contributed by atoms with Crippen molar-refractivity contribution < 1.29 is 19.1 Å². The van der Waals surface area contributed by atoms with Crippen molar-refractivity contribution in [1.29, 1.82) is 0 Å². The molecule has 7 nitrogen and oxygen atoms in total. The van der Waals surface area contributed by atoms with Crippen LogP contribution in [0.4, 0.5) is 10.1 Å². The van der Waals surface area contributed by atoms with Gasteiger partial charge in [0, 0.05) is 35.1 Å². The maximum absolute atomic E-state index is 14.5. The number of benzene rings is 2. The summed E-state index contributed by atoms with van der Waals surface area (Å²) < 4.78 is 14.5. The van der Waals surface area contributed by atoms with Gasteiger partial charge >= 0.3 is 0 Å². The quantitative estimate of drug-likeness (QED) is 0.508. The van der Waals surface area contributed by atoms with Crippen LogP contribution in [-0.2, 0) is 13.0 Å². The van der Waals surface area contributed by atoms with Gasteiger partial charge in [0.1, 0.15) is 17.3 Å². The van der Waals surface area contributed by atoms with Gasteiger partial charge in [0.05, 0.1) is 11.6 Å². The van der Waals surface area contributed by atoms with Crippen molar-refractivity contribution in [3.8, 4) is 5.75 Å². The smallest absolute Gasteiger partial charge is 0.267 e. The number of phenols is 1. The Hall–Kier alpha value is -3.65. The lowest BCUT2D eigenvalue weighted by Gasteiger charge is -2.31. The van der Waals surface area contributed by atoms with E-state index in [0.717, 1.165) is 0 Å². The Balaban J connectivity index is 1.82. The van der Waals surface area contributed by atoms with Crippen molar-refractivity contribution in [2.24, 2.45) is 5.73 Å². The number of nitrogens with zero attached hydrogens (tertiary/aromatic N) is 2. The van der Waals surface area contributed by atoms with Gasteiger partial charge in [-0.25, -0.2) is 4.39 Å². The number of primary amides is 1. The van der Waals surface area contributed by atoms with Crippen LogP contribution in [0, 0.1) is 5.82 Å². The van der Waals surface area contributed by atoms with Crippen LogP contribution < -0.4 is 11.5 Å². The number of halogens is 2. The summed E-state index contributed by atoms with van der Waals surface area (Å²) in [5.41, 5.74) is 13.0. The molecular formula is C23H20ClFN4O3.